The molecule has 25 heavy (non-hydrogen) atoms. The molecule has 2 aliphatic rings. The molecule has 8 heteroatoms. The van der Waals surface area contributed by atoms with Gasteiger partial charge in [-0.1, -0.05) is 10.3 Å². The van der Waals surface area contributed by atoms with Crippen LogP contribution in [-0.2, 0) is 11.3 Å². The highest BCUT2D eigenvalue weighted by Crippen LogP contribution is 2.40. The first-order valence-corrected chi connectivity index (χ1v) is 8.88. The standard InChI is InChI=1S/C17H23N5O3/c1-10-13(11(2)24-20-10)8-18-15(23)9-22-7-3-4-14(22)16-19-17(25-21-16)12-5-6-12/h12,14H,3-9H2,1-2H3,(H,18,23)/t14-/m0/s1. The fourth-order valence-corrected chi connectivity index (χ4v) is 3.37. The Morgan fingerprint density at radius 1 is 1.24 bits per heavy atom. The monoisotopic (exact) mass is 345 g/mol. The van der Waals surface area contributed by atoms with Crippen LogP contribution in [0.15, 0.2) is 9.05 Å². The molecule has 1 aliphatic heterocycles. The molecule has 1 saturated heterocycles. The van der Waals surface area contributed by atoms with Crippen molar-refractivity contribution in [3.05, 3.63) is 28.7 Å². The minimum absolute atomic E-state index is 0.0159. The van der Waals surface area contributed by atoms with Crippen molar-refractivity contribution in [3.8, 4) is 0 Å². The maximum absolute atomic E-state index is 12.3. The molecule has 0 aromatic carbocycles. The summed E-state index contributed by atoms with van der Waals surface area (Å²) in [5.74, 6) is 2.66. The summed E-state index contributed by atoms with van der Waals surface area (Å²) in [5, 5.41) is 11.0. The number of amides is 1. The smallest absolute Gasteiger partial charge is 0.234 e. The predicted molar refractivity (Wildman–Crippen MR) is 87.6 cm³/mol. The van der Waals surface area contributed by atoms with E-state index in [1.165, 1.54) is 0 Å². The molecule has 1 N–H and O–H groups in total. The van der Waals surface area contributed by atoms with E-state index in [-0.39, 0.29) is 11.9 Å². The van der Waals surface area contributed by atoms with Gasteiger partial charge in [0.2, 0.25) is 11.8 Å². The Kier molecular flexibility index (Phi) is 4.29. The summed E-state index contributed by atoms with van der Waals surface area (Å²) in [5.41, 5.74) is 1.76. The van der Waals surface area contributed by atoms with Crippen molar-refractivity contribution in [1.82, 2.24) is 25.5 Å². The van der Waals surface area contributed by atoms with Gasteiger partial charge in [-0.15, -0.1) is 0 Å². The van der Waals surface area contributed by atoms with E-state index in [0.29, 0.717) is 19.0 Å². The zero-order chi connectivity index (χ0) is 17.4. The zero-order valence-corrected chi connectivity index (χ0v) is 14.6. The maximum Gasteiger partial charge on any atom is 0.234 e. The van der Waals surface area contributed by atoms with Crippen LogP contribution in [0.25, 0.3) is 0 Å². The molecule has 1 aliphatic carbocycles. The van der Waals surface area contributed by atoms with Crippen LogP contribution in [0.2, 0.25) is 0 Å². The number of hydrogen-bond acceptors (Lipinski definition) is 7. The summed E-state index contributed by atoms with van der Waals surface area (Å²) < 4.78 is 10.5. The van der Waals surface area contributed by atoms with E-state index in [1.807, 2.05) is 13.8 Å². The lowest BCUT2D eigenvalue weighted by Gasteiger charge is -2.21. The van der Waals surface area contributed by atoms with Crippen LogP contribution in [0.1, 0.15) is 66.4 Å². The summed E-state index contributed by atoms with van der Waals surface area (Å²) in [6.45, 7) is 5.37. The molecule has 2 aromatic heterocycles. The number of carbonyl (C=O) groups is 1. The first kappa shape index (κ1) is 16.3. The Bertz CT molecular complexity index is 745. The molecule has 3 heterocycles. The van der Waals surface area contributed by atoms with E-state index in [4.69, 9.17) is 9.05 Å². The van der Waals surface area contributed by atoms with Gasteiger partial charge in [0, 0.05) is 18.0 Å². The predicted octanol–water partition coefficient (Wildman–Crippen LogP) is 2.01. The van der Waals surface area contributed by atoms with E-state index in [9.17, 15) is 4.79 Å². The van der Waals surface area contributed by atoms with Crippen LogP contribution >= 0.6 is 0 Å². The lowest BCUT2D eigenvalue weighted by molar-refractivity contribution is -0.122. The lowest BCUT2D eigenvalue weighted by Crippen LogP contribution is -2.37. The first-order valence-electron chi connectivity index (χ1n) is 8.88. The zero-order valence-electron chi connectivity index (χ0n) is 14.6. The van der Waals surface area contributed by atoms with Gasteiger partial charge in [0.15, 0.2) is 5.82 Å². The topological polar surface area (TPSA) is 97.3 Å². The van der Waals surface area contributed by atoms with Gasteiger partial charge in [-0.05, 0) is 46.1 Å². The van der Waals surface area contributed by atoms with Gasteiger partial charge in [0.25, 0.3) is 0 Å². The summed E-state index contributed by atoms with van der Waals surface area (Å²) in [4.78, 5) is 19.0. The molecular weight excluding hydrogens is 322 g/mol. The molecule has 0 spiro atoms. The molecule has 0 bridgehead atoms. The molecule has 8 nitrogen and oxygen atoms in total. The van der Waals surface area contributed by atoms with Gasteiger partial charge in [0.05, 0.1) is 18.3 Å². The van der Waals surface area contributed by atoms with Crippen molar-refractivity contribution in [2.45, 2.75) is 58.0 Å². The average molecular weight is 345 g/mol. The molecular formula is C17H23N5O3. The SMILES string of the molecule is Cc1noc(C)c1CNC(=O)CN1CCC[C@H]1c1noc(C2CC2)n1. The summed E-state index contributed by atoms with van der Waals surface area (Å²) >= 11 is 0. The molecule has 1 saturated carbocycles. The third kappa shape index (κ3) is 3.44. The highest BCUT2D eigenvalue weighted by atomic mass is 16.5. The second-order valence-electron chi connectivity index (χ2n) is 6.97. The third-order valence-electron chi connectivity index (χ3n) is 5.04. The number of aryl methyl sites for hydroxylation is 2. The van der Waals surface area contributed by atoms with Gasteiger partial charge in [-0.2, -0.15) is 4.98 Å². The fraction of sp³-hybridized carbons (Fsp3) is 0.647. The molecule has 0 unspecified atom stereocenters. The maximum atomic E-state index is 12.3. The van der Waals surface area contributed by atoms with Crippen molar-refractivity contribution >= 4 is 5.91 Å². The Balaban J connectivity index is 1.34. The van der Waals surface area contributed by atoms with Crippen LogP contribution in [0.4, 0.5) is 0 Å². The molecule has 1 atom stereocenters. The van der Waals surface area contributed by atoms with Crippen LogP contribution in [-0.4, -0.2) is 39.2 Å². The number of nitrogens with zero attached hydrogens (tertiary/aromatic N) is 4. The molecule has 2 aromatic rings. The second-order valence-corrected chi connectivity index (χ2v) is 6.97. The molecule has 1 amide bonds. The van der Waals surface area contributed by atoms with Gasteiger partial charge in [-0.25, -0.2) is 0 Å². The Morgan fingerprint density at radius 2 is 2.08 bits per heavy atom. The van der Waals surface area contributed by atoms with Crippen molar-refractivity contribution in [2.24, 2.45) is 0 Å². The van der Waals surface area contributed by atoms with E-state index in [0.717, 1.165) is 61.0 Å². The van der Waals surface area contributed by atoms with E-state index in [2.05, 4.69) is 25.5 Å². The number of nitrogens with one attached hydrogen (secondary N) is 1. The van der Waals surface area contributed by atoms with Gasteiger partial charge >= 0.3 is 0 Å². The Labute approximate surface area is 145 Å². The van der Waals surface area contributed by atoms with Crippen molar-refractivity contribution < 1.29 is 13.8 Å². The highest BCUT2D eigenvalue weighted by Gasteiger charge is 2.34. The van der Waals surface area contributed by atoms with Crippen molar-refractivity contribution in [3.63, 3.8) is 0 Å². The van der Waals surface area contributed by atoms with Gasteiger partial charge < -0.3 is 14.4 Å². The average Bonchev–Trinajstić information content (AvgIpc) is 3.00. The largest absolute Gasteiger partial charge is 0.361 e. The third-order valence-corrected chi connectivity index (χ3v) is 5.04. The normalized spacial score (nSPS) is 21.0. The van der Waals surface area contributed by atoms with E-state index in [1.54, 1.807) is 0 Å². The second kappa shape index (κ2) is 6.59. The number of likely N-dealkylation sites (tertiary alicyclic amines) is 1. The van der Waals surface area contributed by atoms with Crippen LogP contribution in [0, 0.1) is 13.8 Å². The number of rotatable bonds is 6. The summed E-state index contributed by atoms with van der Waals surface area (Å²) in [6.07, 6.45) is 4.27. The minimum Gasteiger partial charge on any atom is -0.361 e. The first-order chi connectivity index (χ1) is 12.1. The van der Waals surface area contributed by atoms with Crippen LogP contribution < -0.4 is 5.32 Å². The molecule has 2 fully saturated rings. The van der Waals surface area contributed by atoms with E-state index < -0.39 is 0 Å². The summed E-state index contributed by atoms with van der Waals surface area (Å²) in [6, 6.07) is 0.0704. The molecule has 0 radical (unpaired) electrons. The van der Waals surface area contributed by atoms with Crippen LogP contribution in [0.5, 0.6) is 0 Å². The molecule has 134 valence electrons. The van der Waals surface area contributed by atoms with Gasteiger partial charge in [0.1, 0.15) is 5.76 Å². The minimum atomic E-state index is -0.0159. The summed E-state index contributed by atoms with van der Waals surface area (Å²) in [7, 11) is 0. The highest BCUT2D eigenvalue weighted by molar-refractivity contribution is 5.78. The van der Waals surface area contributed by atoms with E-state index >= 15 is 0 Å². The number of aromatic nitrogens is 3. The van der Waals surface area contributed by atoms with Gasteiger partial charge in [-0.3, -0.25) is 9.69 Å². The quantitative estimate of drug-likeness (QED) is 0.855. The van der Waals surface area contributed by atoms with Crippen molar-refractivity contribution in [1.29, 1.82) is 0 Å². The fourth-order valence-electron chi connectivity index (χ4n) is 3.37. The molecule has 4 rings (SSSR count). The Morgan fingerprint density at radius 3 is 2.80 bits per heavy atom. The number of carbonyl (C=O) groups excluding carboxylic acids is 1. The van der Waals surface area contributed by atoms with Crippen LogP contribution in [0.3, 0.4) is 0 Å². The van der Waals surface area contributed by atoms with Crippen molar-refractivity contribution in [2.75, 3.05) is 13.1 Å². The number of hydrogen-bond donors (Lipinski definition) is 1. The lowest BCUT2D eigenvalue weighted by atomic mass is 10.2. The Hall–Kier alpha value is -2.22.